The zero-order valence-electron chi connectivity index (χ0n) is 16.6. The fraction of sp³-hybridized carbons (Fsp3) is 0.350. The van der Waals surface area contributed by atoms with Gasteiger partial charge in [-0.15, -0.1) is 0 Å². The Bertz CT molecular complexity index is 1180. The minimum atomic E-state index is -3.78. The molecule has 2 atom stereocenters. The molecule has 11 heteroatoms. The lowest BCUT2D eigenvalue weighted by Gasteiger charge is -2.39. The normalized spacial score (nSPS) is 27.1. The van der Waals surface area contributed by atoms with E-state index in [0.29, 0.717) is 5.02 Å². The summed E-state index contributed by atoms with van der Waals surface area (Å²) in [4.78, 5) is 20.8. The number of amidine groups is 1. The van der Waals surface area contributed by atoms with Gasteiger partial charge in [0.05, 0.1) is 17.4 Å². The molecule has 1 spiro atoms. The van der Waals surface area contributed by atoms with Gasteiger partial charge < -0.3 is 15.8 Å². The molecule has 2 unspecified atom stereocenters. The van der Waals surface area contributed by atoms with Crippen LogP contribution in [0.5, 0.6) is 0 Å². The number of anilines is 1. The molecule has 2 aliphatic rings. The molecule has 31 heavy (non-hydrogen) atoms. The summed E-state index contributed by atoms with van der Waals surface area (Å²) in [5.41, 5.74) is 5.03. The maximum absolute atomic E-state index is 14.8. The van der Waals surface area contributed by atoms with Crippen molar-refractivity contribution in [3.63, 3.8) is 0 Å². The van der Waals surface area contributed by atoms with E-state index in [1.165, 1.54) is 37.4 Å². The Morgan fingerprint density at radius 3 is 2.71 bits per heavy atom. The smallest absolute Gasteiger partial charge is 0.274 e. The maximum atomic E-state index is 14.8. The van der Waals surface area contributed by atoms with Gasteiger partial charge in [0.1, 0.15) is 22.9 Å². The van der Waals surface area contributed by atoms with Crippen LogP contribution in [0.2, 0.25) is 5.02 Å². The monoisotopic (exact) mass is 466 g/mol. The van der Waals surface area contributed by atoms with Gasteiger partial charge in [-0.3, -0.25) is 9.79 Å². The number of sulfone groups is 1. The summed E-state index contributed by atoms with van der Waals surface area (Å²) < 4.78 is 45.0. The molecule has 2 aromatic rings. The highest BCUT2D eigenvalue weighted by Crippen LogP contribution is 2.41. The van der Waals surface area contributed by atoms with Gasteiger partial charge in [-0.1, -0.05) is 11.6 Å². The zero-order valence-corrected chi connectivity index (χ0v) is 18.1. The molecular weight excluding hydrogens is 447 g/mol. The number of nitrogens with two attached hydrogens (primary N) is 1. The first-order valence-corrected chi connectivity index (χ1v) is 11.5. The second-order valence-electron chi connectivity index (χ2n) is 7.84. The molecule has 2 aliphatic heterocycles. The number of pyridine rings is 1. The van der Waals surface area contributed by atoms with Gasteiger partial charge in [0.25, 0.3) is 5.91 Å². The van der Waals surface area contributed by atoms with Gasteiger partial charge in [-0.25, -0.2) is 17.8 Å². The first-order valence-electron chi connectivity index (χ1n) is 9.45. The first-order chi connectivity index (χ1) is 14.6. The lowest BCUT2D eigenvalue weighted by atomic mass is 9.92. The van der Waals surface area contributed by atoms with Gasteiger partial charge in [-0.2, -0.15) is 0 Å². The average Bonchev–Trinajstić information content (AvgIpc) is 3.20. The number of rotatable bonds is 3. The molecule has 1 saturated heterocycles. The van der Waals surface area contributed by atoms with Crippen molar-refractivity contribution >= 4 is 38.9 Å². The molecule has 1 aromatic carbocycles. The topological polar surface area (TPSA) is 124 Å². The van der Waals surface area contributed by atoms with Crippen LogP contribution in [0.4, 0.5) is 10.1 Å². The Morgan fingerprint density at radius 2 is 2.10 bits per heavy atom. The van der Waals surface area contributed by atoms with E-state index in [0.717, 1.165) is 6.07 Å². The van der Waals surface area contributed by atoms with E-state index >= 15 is 0 Å². The third-order valence-electron chi connectivity index (χ3n) is 5.65. The zero-order chi connectivity index (χ0) is 22.4. The van der Waals surface area contributed by atoms with Crippen molar-refractivity contribution in [3.05, 3.63) is 58.6 Å². The molecule has 8 nitrogen and oxygen atoms in total. The van der Waals surface area contributed by atoms with E-state index in [2.05, 4.69) is 15.3 Å². The molecule has 3 heterocycles. The van der Waals surface area contributed by atoms with E-state index in [4.69, 9.17) is 22.1 Å². The molecular formula is C20H20ClFN4O4S. The molecule has 3 N–H and O–H groups in total. The molecule has 164 valence electrons. The second kappa shape index (κ2) is 7.54. The van der Waals surface area contributed by atoms with E-state index in [1.807, 2.05) is 0 Å². The van der Waals surface area contributed by atoms with Gasteiger partial charge in [0, 0.05) is 24.1 Å². The lowest BCUT2D eigenvalue weighted by molar-refractivity contribution is 0.102. The lowest BCUT2D eigenvalue weighted by Crippen LogP contribution is -2.58. The highest BCUT2D eigenvalue weighted by Gasteiger charge is 2.57. The fourth-order valence-electron chi connectivity index (χ4n) is 3.92. The highest BCUT2D eigenvalue weighted by molar-refractivity contribution is 7.93. The van der Waals surface area contributed by atoms with Crippen molar-refractivity contribution in [2.45, 2.75) is 23.6 Å². The van der Waals surface area contributed by atoms with Crippen molar-refractivity contribution in [1.29, 1.82) is 0 Å². The van der Waals surface area contributed by atoms with Gasteiger partial charge >= 0.3 is 0 Å². The van der Waals surface area contributed by atoms with Crippen molar-refractivity contribution < 1.29 is 22.3 Å². The number of amides is 1. The summed E-state index contributed by atoms with van der Waals surface area (Å²) >= 11 is 5.78. The Kier molecular flexibility index (Phi) is 5.27. The minimum absolute atomic E-state index is 0.00894. The molecule has 1 fully saturated rings. The van der Waals surface area contributed by atoms with Crippen LogP contribution >= 0.6 is 11.6 Å². The van der Waals surface area contributed by atoms with Crippen LogP contribution in [0.3, 0.4) is 0 Å². The standard InChI is InChI=1S/C20H20ClFN4O4S/c1-19(11-31(28,29)20(18(23)26-19)6-7-30-10-20)14-8-13(3-4-15(14)22)25-17(27)16-5-2-12(21)9-24-16/h2-5,8-9H,6-7,10-11H2,1H3,(H2,23,26)(H,25,27). The Balaban J connectivity index is 1.69. The van der Waals surface area contributed by atoms with Crippen molar-refractivity contribution in [1.82, 2.24) is 4.98 Å². The van der Waals surface area contributed by atoms with E-state index in [1.54, 1.807) is 0 Å². The predicted octanol–water partition coefficient (Wildman–Crippen LogP) is 2.29. The molecule has 0 radical (unpaired) electrons. The Labute approximate surface area is 183 Å². The summed E-state index contributed by atoms with van der Waals surface area (Å²) in [6, 6.07) is 6.84. The number of hydrogen-bond acceptors (Lipinski definition) is 7. The van der Waals surface area contributed by atoms with Gasteiger partial charge in [0.2, 0.25) is 0 Å². The molecule has 0 saturated carbocycles. The van der Waals surface area contributed by atoms with E-state index < -0.39 is 37.6 Å². The number of ether oxygens (including phenoxy) is 1. The van der Waals surface area contributed by atoms with Crippen molar-refractivity contribution in [3.8, 4) is 0 Å². The summed E-state index contributed by atoms with van der Waals surface area (Å²) in [5, 5.41) is 3.00. The average molecular weight is 467 g/mol. The van der Waals surface area contributed by atoms with E-state index in [9.17, 15) is 17.6 Å². The second-order valence-corrected chi connectivity index (χ2v) is 10.6. The highest BCUT2D eigenvalue weighted by atomic mass is 35.5. The van der Waals surface area contributed by atoms with Crippen LogP contribution in [0.25, 0.3) is 0 Å². The van der Waals surface area contributed by atoms with Crippen LogP contribution in [0.1, 0.15) is 29.4 Å². The van der Waals surface area contributed by atoms with Gasteiger partial charge in [-0.05, 0) is 43.7 Å². The fourth-order valence-corrected chi connectivity index (χ4v) is 6.29. The minimum Gasteiger partial charge on any atom is -0.386 e. The number of carbonyl (C=O) groups is 1. The number of nitrogens with zero attached hydrogens (tertiary/aromatic N) is 2. The molecule has 0 aliphatic carbocycles. The number of benzene rings is 1. The van der Waals surface area contributed by atoms with Crippen LogP contribution < -0.4 is 11.1 Å². The number of halogens is 2. The van der Waals surface area contributed by atoms with Crippen LogP contribution in [0, 0.1) is 5.82 Å². The summed E-state index contributed by atoms with van der Waals surface area (Å²) in [5.74, 6) is -1.70. The SMILES string of the molecule is CC1(c2cc(NC(=O)c3ccc(Cl)cn3)ccc2F)CS(=O)(=O)C2(CCOC2)C(N)=N1. The number of carbonyl (C=O) groups excluding carboxylic acids is 1. The number of aliphatic imine (C=N–C) groups is 1. The summed E-state index contributed by atoms with van der Waals surface area (Å²) in [6.45, 7) is 1.71. The van der Waals surface area contributed by atoms with Crippen molar-refractivity contribution in [2.75, 3.05) is 24.3 Å². The van der Waals surface area contributed by atoms with E-state index in [-0.39, 0.29) is 42.4 Å². The Hall–Kier alpha value is -2.56. The van der Waals surface area contributed by atoms with Gasteiger partial charge in [0.15, 0.2) is 14.6 Å². The quantitative estimate of drug-likeness (QED) is 0.715. The molecule has 4 rings (SSSR count). The summed E-state index contributed by atoms with van der Waals surface area (Å²) in [7, 11) is -3.78. The Morgan fingerprint density at radius 1 is 1.32 bits per heavy atom. The molecule has 0 bridgehead atoms. The third kappa shape index (κ3) is 3.68. The number of nitrogens with one attached hydrogen (secondary N) is 1. The van der Waals surface area contributed by atoms with Crippen LogP contribution in [-0.4, -0.2) is 48.9 Å². The maximum Gasteiger partial charge on any atom is 0.274 e. The largest absolute Gasteiger partial charge is 0.386 e. The van der Waals surface area contributed by atoms with Crippen LogP contribution in [0.15, 0.2) is 41.5 Å². The number of aromatic nitrogens is 1. The molecule has 1 aromatic heterocycles. The molecule has 1 amide bonds. The number of hydrogen-bond donors (Lipinski definition) is 2. The summed E-state index contributed by atoms with van der Waals surface area (Å²) in [6.07, 6.45) is 1.55. The first kappa shape index (κ1) is 21.7. The van der Waals surface area contributed by atoms with Crippen molar-refractivity contribution in [2.24, 2.45) is 10.7 Å². The third-order valence-corrected chi connectivity index (χ3v) is 8.54. The van der Waals surface area contributed by atoms with Crippen LogP contribution in [-0.2, 0) is 20.1 Å². The predicted molar refractivity (Wildman–Crippen MR) is 115 cm³/mol.